The highest BCUT2D eigenvalue weighted by molar-refractivity contribution is 5.97. The van der Waals surface area contributed by atoms with Gasteiger partial charge in [0.25, 0.3) is 5.91 Å². The van der Waals surface area contributed by atoms with E-state index in [1.54, 1.807) is 28.2 Å². The zero-order valence-electron chi connectivity index (χ0n) is 21.8. The summed E-state index contributed by atoms with van der Waals surface area (Å²) < 4.78 is 5.28. The van der Waals surface area contributed by atoms with Gasteiger partial charge in [0.2, 0.25) is 5.91 Å². The number of carbonyl (C=O) groups excluding carboxylic acids is 3. The van der Waals surface area contributed by atoms with E-state index in [1.807, 2.05) is 62.4 Å². The van der Waals surface area contributed by atoms with E-state index in [4.69, 9.17) is 4.42 Å². The van der Waals surface area contributed by atoms with Crippen molar-refractivity contribution in [2.45, 2.75) is 38.8 Å². The van der Waals surface area contributed by atoms with Gasteiger partial charge in [0.1, 0.15) is 17.8 Å². The van der Waals surface area contributed by atoms with Crippen molar-refractivity contribution in [2.75, 3.05) is 36.5 Å². The second kappa shape index (κ2) is 10.6. The summed E-state index contributed by atoms with van der Waals surface area (Å²) in [6, 6.07) is 19.1. The van der Waals surface area contributed by atoms with E-state index in [0.29, 0.717) is 38.4 Å². The van der Waals surface area contributed by atoms with E-state index in [1.165, 1.54) is 0 Å². The van der Waals surface area contributed by atoms with Gasteiger partial charge in [-0.25, -0.2) is 4.79 Å². The lowest BCUT2D eigenvalue weighted by Gasteiger charge is -2.43. The molecule has 0 bridgehead atoms. The summed E-state index contributed by atoms with van der Waals surface area (Å²) in [4.78, 5) is 45.2. The largest absolute Gasteiger partial charge is 0.467 e. The van der Waals surface area contributed by atoms with Crippen molar-refractivity contribution in [2.24, 2.45) is 0 Å². The Balaban J connectivity index is 1.29. The summed E-state index contributed by atoms with van der Waals surface area (Å²) in [6.45, 7) is 5.36. The summed E-state index contributed by atoms with van der Waals surface area (Å²) in [6.07, 6.45) is 2.51. The summed E-state index contributed by atoms with van der Waals surface area (Å²) >= 11 is 0. The molecule has 9 heteroatoms. The fourth-order valence-electron chi connectivity index (χ4n) is 5.43. The summed E-state index contributed by atoms with van der Waals surface area (Å²) in [5.41, 5.74) is 2.96. The number of anilines is 2. The minimum Gasteiger partial charge on any atom is -0.467 e. The van der Waals surface area contributed by atoms with Gasteiger partial charge < -0.3 is 29.8 Å². The highest BCUT2D eigenvalue weighted by atomic mass is 16.3. The molecule has 4 amide bonds. The van der Waals surface area contributed by atoms with Crippen LogP contribution in [0.2, 0.25) is 0 Å². The Hall–Kier alpha value is -4.27. The minimum atomic E-state index is -0.808. The SMILES string of the molecule is Cc1cccc(C)c1NC(=O)N1CCC2(CC1)C(=O)N(CC(=O)NCc1ccco1)CN2c1ccccc1. The summed E-state index contributed by atoms with van der Waals surface area (Å²) in [7, 11) is 0. The van der Waals surface area contributed by atoms with Crippen LogP contribution < -0.4 is 15.5 Å². The van der Waals surface area contributed by atoms with Crippen LogP contribution in [0.15, 0.2) is 71.3 Å². The Morgan fingerprint density at radius 1 is 0.947 bits per heavy atom. The second-order valence-electron chi connectivity index (χ2n) is 9.98. The van der Waals surface area contributed by atoms with E-state index in [0.717, 1.165) is 22.5 Å². The van der Waals surface area contributed by atoms with Crippen molar-refractivity contribution >= 4 is 29.2 Å². The quantitative estimate of drug-likeness (QED) is 0.519. The number of furan rings is 1. The molecule has 0 radical (unpaired) electrons. The number of para-hydroxylation sites is 2. The van der Waals surface area contributed by atoms with Crippen LogP contribution in [0.1, 0.15) is 29.7 Å². The van der Waals surface area contributed by atoms with E-state index < -0.39 is 5.54 Å². The van der Waals surface area contributed by atoms with Crippen molar-refractivity contribution in [3.05, 3.63) is 83.8 Å². The fourth-order valence-corrected chi connectivity index (χ4v) is 5.43. The second-order valence-corrected chi connectivity index (χ2v) is 9.98. The summed E-state index contributed by atoms with van der Waals surface area (Å²) in [5.74, 6) is 0.328. The smallest absolute Gasteiger partial charge is 0.321 e. The molecular weight excluding hydrogens is 482 g/mol. The lowest BCUT2D eigenvalue weighted by atomic mass is 9.85. The lowest BCUT2D eigenvalue weighted by molar-refractivity contribution is -0.137. The van der Waals surface area contributed by atoms with Gasteiger partial charge in [-0.1, -0.05) is 36.4 Å². The standard InChI is InChI=1S/C29H33N5O4/c1-21-8-6-9-22(2)26(21)31-28(37)32-15-13-29(14-16-32)27(36)33(20-34(29)23-10-4-3-5-11-23)19-25(35)30-18-24-12-7-17-38-24/h3-12,17H,13-16,18-20H2,1-2H3,(H,30,35)(H,31,37). The molecule has 2 saturated heterocycles. The van der Waals surface area contributed by atoms with Crippen LogP contribution in [0.25, 0.3) is 0 Å². The molecule has 3 heterocycles. The molecule has 198 valence electrons. The number of nitrogens with zero attached hydrogens (tertiary/aromatic N) is 3. The highest BCUT2D eigenvalue weighted by Gasteiger charge is 2.54. The molecule has 2 aliphatic heterocycles. The first-order chi connectivity index (χ1) is 18.4. The molecule has 0 unspecified atom stereocenters. The van der Waals surface area contributed by atoms with Gasteiger partial charge >= 0.3 is 6.03 Å². The highest BCUT2D eigenvalue weighted by Crippen LogP contribution is 2.39. The first kappa shape index (κ1) is 25.4. The molecular formula is C29H33N5O4. The topological polar surface area (TPSA) is 98.1 Å². The Labute approximate surface area is 222 Å². The third-order valence-corrected chi connectivity index (χ3v) is 7.55. The van der Waals surface area contributed by atoms with E-state index >= 15 is 0 Å². The predicted octanol–water partition coefficient (Wildman–Crippen LogP) is 3.89. The van der Waals surface area contributed by atoms with Crippen molar-refractivity contribution in [1.82, 2.24) is 15.1 Å². The Morgan fingerprint density at radius 2 is 1.66 bits per heavy atom. The van der Waals surface area contributed by atoms with Gasteiger partial charge in [-0.15, -0.1) is 0 Å². The molecule has 0 aliphatic carbocycles. The molecule has 0 saturated carbocycles. The molecule has 3 aromatic rings. The zero-order valence-corrected chi connectivity index (χ0v) is 21.8. The number of aryl methyl sites for hydroxylation is 2. The maximum absolute atomic E-state index is 13.9. The molecule has 5 rings (SSSR count). The Bertz CT molecular complexity index is 1280. The van der Waals surface area contributed by atoms with Gasteiger partial charge in [-0.05, 0) is 62.1 Å². The number of carbonyl (C=O) groups is 3. The van der Waals surface area contributed by atoms with Crippen LogP contribution >= 0.6 is 0 Å². The predicted molar refractivity (Wildman–Crippen MR) is 145 cm³/mol. The molecule has 1 aromatic heterocycles. The maximum atomic E-state index is 13.9. The van der Waals surface area contributed by atoms with Crippen LogP contribution in [-0.2, 0) is 16.1 Å². The zero-order chi connectivity index (χ0) is 26.7. The van der Waals surface area contributed by atoms with Crippen molar-refractivity contribution < 1.29 is 18.8 Å². The monoisotopic (exact) mass is 515 g/mol. The third-order valence-electron chi connectivity index (χ3n) is 7.55. The van der Waals surface area contributed by atoms with Crippen molar-refractivity contribution in [1.29, 1.82) is 0 Å². The van der Waals surface area contributed by atoms with E-state index in [2.05, 4.69) is 15.5 Å². The van der Waals surface area contributed by atoms with Gasteiger partial charge in [0.15, 0.2) is 0 Å². The number of hydrogen-bond donors (Lipinski definition) is 2. The molecule has 9 nitrogen and oxygen atoms in total. The summed E-state index contributed by atoms with van der Waals surface area (Å²) in [5, 5.41) is 5.89. The fraction of sp³-hybridized carbons (Fsp3) is 0.345. The lowest BCUT2D eigenvalue weighted by Crippen LogP contribution is -2.58. The van der Waals surface area contributed by atoms with Gasteiger partial charge in [0.05, 0.1) is 19.5 Å². The van der Waals surface area contributed by atoms with E-state index in [-0.39, 0.29) is 30.9 Å². The first-order valence-electron chi connectivity index (χ1n) is 12.9. The number of urea groups is 1. The number of amides is 4. The normalized spacial score (nSPS) is 16.7. The number of rotatable bonds is 6. The van der Waals surface area contributed by atoms with Crippen molar-refractivity contribution in [3.8, 4) is 0 Å². The molecule has 2 fully saturated rings. The van der Waals surface area contributed by atoms with Gasteiger partial charge in [-0.3, -0.25) is 9.59 Å². The van der Waals surface area contributed by atoms with Crippen LogP contribution in [0.3, 0.4) is 0 Å². The average Bonchev–Trinajstić information content (AvgIpc) is 3.54. The van der Waals surface area contributed by atoms with Crippen LogP contribution in [-0.4, -0.2) is 59.5 Å². The molecule has 0 atom stereocenters. The van der Waals surface area contributed by atoms with Gasteiger partial charge in [-0.2, -0.15) is 0 Å². The van der Waals surface area contributed by atoms with E-state index in [9.17, 15) is 14.4 Å². The number of piperidine rings is 1. The number of nitrogens with one attached hydrogen (secondary N) is 2. The first-order valence-corrected chi connectivity index (χ1v) is 12.9. The van der Waals surface area contributed by atoms with Crippen LogP contribution in [0, 0.1) is 13.8 Å². The van der Waals surface area contributed by atoms with Crippen LogP contribution in [0.5, 0.6) is 0 Å². The number of benzene rings is 2. The minimum absolute atomic E-state index is 0.0403. The molecule has 2 N–H and O–H groups in total. The molecule has 2 aromatic carbocycles. The van der Waals surface area contributed by atoms with Crippen molar-refractivity contribution in [3.63, 3.8) is 0 Å². The van der Waals surface area contributed by atoms with Crippen LogP contribution in [0.4, 0.5) is 16.2 Å². The Morgan fingerprint density at radius 3 is 2.32 bits per heavy atom. The number of likely N-dealkylation sites (tertiary alicyclic amines) is 1. The molecule has 1 spiro atoms. The Kier molecular flexibility index (Phi) is 7.09. The maximum Gasteiger partial charge on any atom is 0.321 e. The molecule has 2 aliphatic rings. The van der Waals surface area contributed by atoms with Gasteiger partial charge in [0, 0.05) is 24.5 Å². The average molecular weight is 516 g/mol. The third kappa shape index (κ3) is 4.96. The molecule has 38 heavy (non-hydrogen) atoms. The number of hydrogen-bond acceptors (Lipinski definition) is 5.